The molecule has 3 rings (SSSR count). The van der Waals surface area contributed by atoms with Gasteiger partial charge in [0.1, 0.15) is 0 Å². The maximum atomic E-state index is 5.88. The summed E-state index contributed by atoms with van der Waals surface area (Å²) in [5.74, 6) is 0.887. The number of hydrogen-bond donors (Lipinski definition) is 1. The third-order valence-electron chi connectivity index (χ3n) is 3.25. The normalized spacial score (nSPS) is 32.6. The Bertz CT molecular complexity index is 274. The second kappa shape index (κ2) is 3.52. The van der Waals surface area contributed by atoms with Crippen molar-refractivity contribution in [2.75, 3.05) is 13.1 Å². The molecule has 1 saturated carbocycles. The Balaban J connectivity index is 1.52. The van der Waals surface area contributed by atoms with Gasteiger partial charge in [-0.25, -0.2) is 0 Å². The highest BCUT2D eigenvalue weighted by Crippen LogP contribution is 2.38. The maximum Gasteiger partial charge on any atom is 0.0831 e. The number of rotatable bonds is 3. The van der Waals surface area contributed by atoms with E-state index in [0.29, 0.717) is 12.2 Å². The van der Waals surface area contributed by atoms with E-state index in [0.717, 1.165) is 25.4 Å². The molecule has 1 atom stereocenters. The predicted octanol–water partition coefficient (Wildman–Crippen LogP) is 1.64. The molecule has 0 aromatic heterocycles. The minimum atomic E-state index is 0.338. The molecule has 1 aliphatic heterocycles. The van der Waals surface area contributed by atoms with Crippen LogP contribution in [0, 0.1) is 5.92 Å². The first-order valence-corrected chi connectivity index (χ1v) is 5.66. The summed E-state index contributed by atoms with van der Waals surface area (Å²) in [4.78, 5) is 0. The van der Waals surface area contributed by atoms with Crippen LogP contribution in [0.4, 0.5) is 0 Å². The molecule has 2 fully saturated rings. The Morgan fingerprint density at radius 1 is 1.29 bits per heavy atom. The molecule has 3 aliphatic rings. The number of hydrogen-bond acceptors (Lipinski definition) is 2. The van der Waals surface area contributed by atoms with Gasteiger partial charge in [0.2, 0.25) is 0 Å². The zero-order valence-electron chi connectivity index (χ0n) is 8.41. The van der Waals surface area contributed by atoms with Crippen LogP contribution in [-0.2, 0) is 4.74 Å². The van der Waals surface area contributed by atoms with Crippen molar-refractivity contribution in [3.8, 4) is 0 Å². The summed E-state index contributed by atoms with van der Waals surface area (Å²) in [6, 6.07) is 0. The van der Waals surface area contributed by atoms with Gasteiger partial charge < -0.3 is 10.1 Å². The van der Waals surface area contributed by atoms with E-state index in [1.807, 2.05) is 0 Å². The molecule has 1 N–H and O–H groups in total. The molecule has 2 nitrogen and oxygen atoms in total. The van der Waals surface area contributed by atoms with Gasteiger partial charge in [0.15, 0.2) is 0 Å². The van der Waals surface area contributed by atoms with Crippen LogP contribution in [0.15, 0.2) is 23.8 Å². The third-order valence-corrected chi connectivity index (χ3v) is 3.25. The lowest BCUT2D eigenvalue weighted by Gasteiger charge is -2.31. The summed E-state index contributed by atoms with van der Waals surface area (Å²) >= 11 is 0. The Morgan fingerprint density at radius 2 is 2.14 bits per heavy atom. The maximum absolute atomic E-state index is 5.88. The number of allylic oxidation sites excluding steroid dienone is 2. The molecule has 0 bridgehead atoms. The van der Waals surface area contributed by atoms with E-state index in [4.69, 9.17) is 4.74 Å². The second-order valence-corrected chi connectivity index (χ2v) is 4.53. The molecule has 0 radical (unpaired) electrons. The molecule has 0 amide bonds. The summed E-state index contributed by atoms with van der Waals surface area (Å²) in [5.41, 5.74) is 1.55. The Hall–Kier alpha value is -0.600. The van der Waals surface area contributed by atoms with E-state index >= 15 is 0 Å². The second-order valence-electron chi connectivity index (χ2n) is 4.53. The van der Waals surface area contributed by atoms with Crippen molar-refractivity contribution in [1.82, 2.24) is 5.32 Å². The smallest absolute Gasteiger partial charge is 0.0831 e. The standard InChI is InChI=1S/C12H17NO/c1-2-9(1)10-3-5-11(6-4-10)14-12-7-13-8-12/h3-5,9,11-13H,1-2,6-8H2. The minimum absolute atomic E-state index is 0.338. The summed E-state index contributed by atoms with van der Waals surface area (Å²) in [7, 11) is 0. The minimum Gasteiger partial charge on any atom is -0.368 e. The zero-order valence-corrected chi connectivity index (χ0v) is 8.41. The fourth-order valence-corrected chi connectivity index (χ4v) is 2.04. The van der Waals surface area contributed by atoms with Gasteiger partial charge in [-0.2, -0.15) is 0 Å². The van der Waals surface area contributed by atoms with Gasteiger partial charge in [0, 0.05) is 13.1 Å². The number of nitrogens with one attached hydrogen (secondary N) is 1. The molecule has 1 saturated heterocycles. The molecule has 0 spiro atoms. The van der Waals surface area contributed by atoms with Gasteiger partial charge >= 0.3 is 0 Å². The average Bonchev–Trinajstić information content (AvgIpc) is 2.96. The average molecular weight is 191 g/mol. The Morgan fingerprint density at radius 3 is 2.64 bits per heavy atom. The lowest BCUT2D eigenvalue weighted by Crippen LogP contribution is -2.49. The van der Waals surface area contributed by atoms with E-state index in [2.05, 4.69) is 23.5 Å². The Kier molecular flexibility index (Phi) is 2.18. The highest BCUT2D eigenvalue weighted by atomic mass is 16.5. The van der Waals surface area contributed by atoms with E-state index in [1.165, 1.54) is 12.8 Å². The molecule has 1 unspecified atom stereocenters. The Labute approximate surface area is 85.0 Å². The number of ether oxygens (including phenoxy) is 1. The van der Waals surface area contributed by atoms with Crippen molar-refractivity contribution in [2.24, 2.45) is 5.92 Å². The van der Waals surface area contributed by atoms with Crippen LogP contribution in [0.3, 0.4) is 0 Å². The molecule has 14 heavy (non-hydrogen) atoms. The van der Waals surface area contributed by atoms with E-state index < -0.39 is 0 Å². The first-order valence-electron chi connectivity index (χ1n) is 5.66. The first-order chi connectivity index (χ1) is 6.92. The van der Waals surface area contributed by atoms with Crippen molar-refractivity contribution in [3.63, 3.8) is 0 Å². The van der Waals surface area contributed by atoms with Crippen LogP contribution in [0.2, 0.25) is 0 Å². The van der Waals surface area contributed by atoms with E-state index in [9.17, 15) is 0 Å². The highest BCUT2D eigenvalue weighted by molar-refractivity contribution is 5.29. The summed E-state index contributed by atoms with van der Waals surface area (Å²) in [6.07, 6.45) is 11.6. The van der Waals surface area contributed by atoms with Crippen LogP contribution >= 0.6 is 0 Å². The van der Waals surface area contributed by atoms with Crippen LogP contribution in [0.5, 0.6) is 0 Å². The summed E-state index contributed by atoms with van der Waals surface area (Å²) < 4.78 is 5.88. The van der Waals surface area contributed by atoms with Crippen LogP contribution in [-0.4, -0.2) is 25.3 Å². The monoisotopic (exact) mass is 191 g/mol. The third kappa shape index (κ3) is 1.77. The quantitative estimate of drug-likeness (QED) is 0.732. The van der Waals surface area contributed by atoms with Gasteiger partial charge in [-0.3, -0.25) is 0 Å². The molecule has 1 heterocycles. The van der Waals surface area contributed by atoms with Crippen molar-refractivity contribution < 1.29 is 4.74 Å². The first kappa shape index (κ1) is 8.69. The van der Waals surface area contributed by atoms with Crippen molar-refractivity contribution in [2.45, 2.75) is 31.5 Å². The fraction of sp³-hybridized carbons (Fsp3) is 0.667. The van der Waals surface area contributed by atoms with Gasteiger partial charge in [-0.05, 0) is 30.8 Å². The van der Waals surface area contributed by atoms with Gasteiger partial charge in [0.05, 0.1) is 12.2 Å². The predicted molar refractivity (Wildman–Crippen MR) is 56.1 cm³/mol. The molecule has 76 valence electrons. The SMILES string of the molecule is C1=CC(OC2CNC2)CC=C1C1CC1. The highest BCUT2D eigenvalue weighted by Gasteiger charge is 2.27. The van der Waals surface area contributed by atoms with E-state index in [1.54, 1.807) is 5.57 Å². The van der Waals surface area contributed by atoms with Crippen LogP contribution in [0.25, 0.3) is 0 Å². The van der Waals surface area contributed by atoms with Gasteiger partial charge in [0.25, 0.3) is 0 Å². The van der Waals surface area contributed by atoms with Crippen molar-refractivity contribution in [3.05, 3.63) is 23.8 Å². The molecule has 0 aromatic carbocycles. The van der Waals surface area contributed by atoms with Crippen molar-refractivity contribution >= 4 is 0 Å². The van der Waals surface area contributed by atoms with E-state index in [-0.39, 0.29) is 0 Å². The van der Waals surface area contributed by atoms with Crippen LogP contribution in [0.1, 0.15) is 19.3 Å². The topological polar surface area (TPSA) is 21.3 Å². The van der Waals surface area contributed by atoms with Crippen molar-refractivity contribution in [1.29, 1.82) is 0 Å². The van der Waals surface area contributed by atoms with Gasteiger partial charge in [-0.1, -0.05) is 18.2 Å². The molecule has 2 heteroatoms. The lowest BCUT2D eigenvalue weighted by molar-refractivity contribution is -0.0146. The fourth-order valence-electron chi connectivity index (χ4n) is 2.04. The van der Waals surface area contributed by atoms with Gasteiger partial charge in [-0.15, -0.1) is 0 Å². The summed E-state index contributed by atoms with van der Waals surface area (Å²) in [6.45, 7) is 2.06. The largest absolute Gasteiger partial charge is 0.368 e. The van der Waals surface area contributed by atoms with Crippen LogP contribution < -0.4 is 5.32 Å². The molecule has 2 aliphatic carbocycles. The molecule has 0 aromatic rings. The zero-order chi connectivity index (χ0) is 9.38. The molecular weight excluding hydrogens is 174 g/mol. The molecular formula is C12H17NO. The summed E-state index contributed by atoms with van der Waals surface area (Å²) in [5, 5.41) is 3.22. The lowest BCUT2D eigenvalue weighted by atomic mass is 10.0.